The molecule has 2 aromatic carbocycles. The molecule has 154 valence electrons. The summed E-state index contributed by atoms with van der Waals surface area (Å²) in [5.41, 5.74) is 0.683. The standard InChI is InChI=1S/C21H16ClF2N3O2S/c22-17-7-2-1-6-15(17)18-19(24)30-21(26-18)27(14-4-3-5-14)25-11-12-8-9-13(23)10-16(12)20(28)29/h1-2,6-11,14H,3-5H2,(H,28,29)/b25-11+. The van der Waals surface area contributed by atoms with Gasteiger partial charge in [0.25, 0.3) is 0 Å². The van der Waals surface area contributed by atoms with E-state index in [2.05, 4.69) is 10.1 Å². The topological polar surface area (TPSA) is 65.8 Å². The van der Waals surface area contributed by atoms with Gasteiger partial charge in [0.15, 0.2) is 0 Å². The van der Waals surface area contributed by atoms with Crippen molar-refractivity contribution in [1.29, 1.82) is 0 Å². The highest BCUT2D eigenvalue weighted by molar-refractivity contribution is 7.14. The number of carbonyl (C=O) groups is 1. The van der Waals surface area contributed by atoms with E-state index in [1.807, 2.05) is 0 Å². The quantitative estimate of drug-likeness (QED) is 0.381. The molecule has 0 saturated heterocycles. The van der Waals surface area contributed by atoms with Crippen molar-refractivity contribution in [3.05, 3.63) is 69.6 Å². The maximum absolute atomic E-state index is 14.7. The molecule has 30 heavy (non-hydrogen) atoms. The maximum Gasteiger partial charge on any atom is 0.336 e. The Kier molecular flexibility index (Phi) is 5.78. The minimum Gasteiger partial charge on any atom is -0.478 e. The number of hydrazone groups is 1. The van der Waals surface area contributed by atoms with E-state index in [-0.39, 0.29) is 22.9 Å². The normalized spacial score (nSPS) is 14.1. The SMILES string of the molecule is O=C(O)c1cc(F)ccc1/C=N/N(c1nc(-c2ccccc2Cl)c(F)s1)C1CCC1. The van der Waals surface area contributed by atoms with Gasteiger partial charge in [-0.25, -0.2) is 19.2 Å². The monoisotopic (exact) mass is 447 g/mol. The molecule has 1 fully saturated rings. The molecule has 0 atom stereocenters. The lowest BCUT2D eigenvalue weighted by Crippen LogP contribution is -2.36. The van der Waals surface area contributed by atoms with Crippen molar-refractivity contribution in [3.63, 3.8) is 0 Å². The fourth-order valence-electron chi connectivity index (χ4n) is 3.09. The molecule has 1 saturated carbocycles. The number of hydrogen-bond donors (Lipinski definition) is 1. The zero-order chi connectivity index (χ0) is 21.3. The second-order valence-corrected chi connectivity index (χ2v) is 8.14. The van der Waals surface area contributed by atoms with Crippen LogP contribution in [0.5, 0.6) is 0 Å². The van der Waals surface area contributed by atoms with Gasteiger partial charge in [0.1, 0.15) is 11.5 Å². The van der Waals surface area contributed by atoms with Crippen LogP contribution in [0.3, 0.4) is 0 Å². The van der Waals surface area contributed by atoms with Crippen LogP contribution < -0.4 is 5.01 Å². The van der Waals surface area contributed by atoms with Crippen LogP contribution in [0.4, 0.5) is 13.9 Å². The minimum atomic E-state index is -1.26. The number of aromatic carboxylic acids is 1. The van der Waals surface area contributed by atoms with Crippen LogP contribution in [0, 0.1) is 10.9 Å². The van der Waals surface area contributed by atoms with E-state index < -0.39 is 16.9 Å². The first-order valence-corrected chi connectivity index (χ1v) is 10.4. The van der Waals surface area contributed by atoms with Crippen molar-refractivity contribution in [2.24, 2.45) is 5.10 Å². The van der Waals surface area contributed by atoms with Gasteiger partial charge in [0, 0.05) is 11.1 Å². The highest BCUT2D eigenvalue weighted by Gasteiger charge is 2.29. The van der Waals surface area contributed by atoms with E-state index in [0.717, 1.165) is 36.7 Å². The summed E-state index contributed by atoms with van der Waals surface area (Å²) >= 11 is 7.04. The predicted molar refractivity (Wildman–Crippen MR) is 114 cm³/mol. The minimum absolute atomic E-state index is 0.0274. The van der Waals surface area contributed by atoms with Crippen molar-refractivity contribution < 1.29 is 18.7 Å². The van der Waals surface area contributed by atoms with Crippen LogP contribution in [-0.2, 0) is 0 Å². The van der Waals surface area contributed by atoms with Crippen molar-refractivity contribution >= 4 is 40.3 Å². The molecular weight excluding hydrogens is 432 g/mol. The molecule has 1 N–H and O–H groups in total. The molecule has 3 aromatic rings. The lowest BCUT2D eigenvalue weighted by Gasteiger charge is -2.33. The zero-order valence-corrected chi connectivity index (χ0v) is 17.1. The molecule has 1 aliphatic carbocycles. The van der Waals surface area contributed by atoms with Crippen LogP contribution in [0.1, 0.15) is 35.2 Å². The van der Waals surface area contributed by atoms with E-state index in [0.29, 0.717) is 15.7 Å². The van der Waals surface area contributed by atoms with Crippen molar-refractivity contribution in [3.8, 4) is 11.3 Å². The largest absolute Gasteiger partial charge is 0.478 e. The number of carboxylic acid groups (broad SMARTS) is 1. The lowest BCUT2D eigenvalue weighted by atomic mass is 9.93. The van der Waals surface area contributed by atoms with Crippen LogP contribution in [-0.4, -0.2) is 28.3 Å². The molecule has 1 aromatic heterocycles. The number of benzene rings is 2. The van der Waals surface area contributed by atoms with Gasteiger partial charge >= 0.3 is 5.97 Å². The Morgan fingerprint density at radius 2 is 2.03 bits per heavy atom. The molecule has 0 radical (unpaired) electrons. The van der Waals surface area contributed by atoms with Gasteiger partial charge in [-0.3, -0.25) is 0 Å². The van der Waals surface area contributed by atoms with Gasteiger partial charge in [0.2, 0.25) is 10.3 Å². The number of rotatable bonds is 6. The summed E-state index contributed by atoms with van der Waals surface area (Å²) in [7, 11) is 0. The predicted octanol–water partition coefficient (Wildman–Crippen LogP) is 5.83. The Bertz CT molecular complexity index is 1130. The average molecular weight is 448 g/mol. The maximum atomic E-state index is 14.7. The van der Waals surface area contributed by atoms with Crippen molar-refractivity contribution in [2.45, 2.75) is 25.3 Å². The third-order valence-corrected chi connectivity index (χ3v) is 6.05. The second-order valence-electron chi connectivity index (χ2n) is 6.81. The third kappa shape index (κ3) is 4.06. The molecule has 5 nitrogen and oxygen atoms in total. The summed E-state index contributed by atoms with van der Waals surface area (Å²) in [5.74, 6) is -1.90. The number of nitrogens with zero attached hydrogens (tertiary/aromatic N) is 3. The number of thiazole rings is 1. The van der Waals surface area contributed by atoms with Gasteiger partial charge in [-0.15, -0.1) is 0 Å². The summed E-state index contributed by atoms with van der Waals surface area (Å²) in [4.78, 5) is 15.8. The summed E-state index contributed by atoms with van der Waals surface area (Å²) in [6.45, 7) is 0. The molecule has 0 aliphatic heterocycles. The first kappa shape index (κ1) is 20.4. The number of hydrogen-bond acceptors (Lipinski definition) is 5. The molecular formula is C21H16ClF2N3O2S. The first-order chi connectivity index (χ1) is 14.4. The summed E-state index contributed by atoms with van der Waals surface area (Å²) in [5, 5.41) is 15.6. The zero-order valence-electron chi connectivity index (χ0n) is 15.6. The van der Waals surface area contributed by atoms with E-state index in [9.17, 15) is 18.7 Å². The van der Waals surface area contributed by atoms with Crippen molar-refractivity contribution in [1.82, 2.24) is 4.98 Å². The molecule has 0 spiro atoms. The van der Waals surface area contributed by atoms with E-state index >= 15 is 0 Å². The second kappa shape index (κ2) is 8.49. The lowest BCUT2D eigenvalue weighted by molar-refractivity contribution is 0.0696. The summed E-state index contributed by atoms with van der Waals surface area (Å²) < 4.78 is 28.1. The molecule has 9 heteroatoms. The Labute approximate surface area is 180 Å². The van der Waals surface area contributed by atoms with Crippen LogP contribution in [0.2, 0.25) is 5.02 Å². The molecule has 0 unspecified atom stereocenters. The van der Waals surface area contributed by atoms with Crippen molar-refractivity contribution in [2.75, 3.05) is 5.01 Å². The van der Waals surface area contributed by atoms with E-state index in [1.54, 1.807) is 29.3 Å². The number of halogens is 3. The smallest absolute Gasteiger partial charge is 0.336 e. The molecule has 0 bridgehead atoms. The number of carboxylic acids is 1. The van der Waals surface area contributed by atoms with Gasteiger partial charge < -0.3 is 5.11 Å². The Morgan fingerprint density at radius 1 is 1.27 bits per heavy atom. The van der Waals surface area contributed by atoms with E-state index in [1.165, 1.54) is 18.3 Å². The molecule has 1 heterocycles. The highest BCUT2D eigenvalue weighted by Crippen LogP contribution is 2.38. The molecule has 1 aliphatic rings. The Hall–Kier alpha value is -2.84. The highest BCUT2D eigenvalue weighted by atomic mass is 35.5. The van der Waals surface area contributed by atoms with Gasteiger partial charge in [-0.1, -0.05) is 41.1 Å². The first-order valence-electron chi connectivity index (χ1n) is 9.21. The Morgan fingerprint density at radius 3 is 2.70 bits per heavy atom. The summed E-state index contributed by atoms with van der Waals surface area (Å²) in [6, 6.07) is 10.3. The molecule has 0 amide bonds. The van der Waals surface area contributed by atoms with Crippen LogP contribution in [0.25, 0.3) is 11.3 Å². The van der Waals surface area contributed by atoms with Gasteiger partial charge in [-0.2, -0.15) is 9.49 Å². The van der Waals surface area contributed by atoms with Crippen LogP contribution >= 0.6 is 22.9 Å². The van der Waals surface area contributed by atoms with Gasteiger partial charge in [0.05, 0.1) is 22.8 Å². The van der Waals surface area contributed by atoms with Crippen LogP contribution in [0.15, 0.2) is 47.6 Å². The molecule has 4 rings (SSSR count). The number of anilines is 1. The fraction of sp³-hybridized carbons (Fsp3) is 0.190. The van der Waals surface area contributed by atoms with Gasteiger partial charge in [-0.05, 0) is 43.5 Å². The average Bonchev–Trinajstić information content (AvgIpc) is 3.05. The number of aromatic nitrogens is 1. The third-order valence-electron chi connectivity index (χ3n) is 4.89. The summed E-state index contributed by atoms with van der Waals surface area (Å²) in [6.07, 6.45) is 4.07. The fourth-order valence-corrected chi connectivity index (χ4v) is 4.15. The Balaban J connectivity index is 1.70. The van der Waals surface area contributed by atoms with E-state index in [4.69, 9.17) is 11.6 Å².